The molecule has 1 aromatic rings. The van der Waals surface area contributed by atoms with Crippen molar-refractivity contribution < 1.29 is 35.9 Å². The van der Waals surface area contributed by atoms with Gasteiger partial charge in [0.05, 0.1) is 16.5 Å². The van der Waals surface area contributed by atoms with E-state index in [2.05, 4.69) is 5.32 Å². The van der Waals surface area contributed by atoms with E-state index in [4.69, 9.17) is 16.3 Å². The summed E-state index contributed by atoms with van der Waals surface area (Å²) in [6, 6.07) is 4.41. The molecule has 0 aliphatic heterocycles. The number of hydrogen-bond acceptors (Lipinski definition) is 2. The van der Waals surface area contributed by atoms with Gasteiger partial charge in [0.2, 0.25) is 5.91 Å². The number of ether oxygens (including phenoxy) is 1. The van der Waals surface area contributed by atoms with Crippen LogP contribution in [0.4, 0.5) is 26.3 Å². The van der Waals surface area contributed by atoms with E-state index in [1.165, 1.54) is 12.1 Å². The summed E-state index contributed by atoms with van der Waals surface area (Å²) in [6.45, 7) is -1.49. The van der Waals surface area contributed by atoms with Crippen molar-refractivity contribution in [3.63, 3.8) is 0 Å². The summed E-state index contributed by atoms with van der Waals surface area (Å²) in [7, 11) is 0. The van der Waals surface area contributed by atoms with Crippen molar-refractivity contribution in [3.05, 3.63) is 28.8 Å². The largest absolute Gasteiger partial charge is 0.483 e. The Bertz CT molecular complexity index is 752. The van der Waals surface area contributed by atoms with Gasteiger partial charge in [-0.05, 0) is 50.2 Å². The number of carbonyl (C=O) groups excluding carboxylic acids is 1. The minimum absolute atomic E-state index is 0.00432. The highest BCUT2D eigenvalue weighted by Gasteiger charge is 2.49. The van der Waals surface area contributed by atoms with Gasteiger partial charge in [-0.15, -0.1) is 0 Å². The average Bonchev–Trinajstić information content (AvgIpc) is 3.40. The number of hydrogen-bond donors (Lipinski definition) is 1. The SMILES string of the molecule is O=C(NC1(c2cccc(OCC(F)(F)F)c2Cl)CC1)C1CCC(C(F)(F)F)CC1. The maximum Gasteiger partial charge on any atom is 0.422 e. The fourth-order valence-electron chi connectivity index (χ4n) is 3.76. The van der Waals surface area contributed by atoms with Gasteiger partial charge in [0.15, 0.2) is 6.61 Å². The van der Waals surface area contributed by atoms with Crippen molar-refractivity contribution >= 4 is 17.5 Å². The van der Waals surface area contributed by atoms with Crippen LogP contribution in [-0.2, 0) is 10.3 Å². The summed E-state index contributed by atoms with van der Waals surface area (Å²) in [5.41, 5.74) is -0.358. The molecular weight excluding hydrogens is 424 g/mol. The number of rotatable bonds is 5. The zero-order valence-electron chi connectivity index (χ0n) is 15.3. The third-order valence-corrected chi connectivity index (χ3v) is 5.93. The molecule has 3 rings (SSSR count). The molecule has 0 spiro atoms. The van der Waals surface area contributed by atoms with Gasteiger partial charge in [-0.3, -0.25) is 4.79 Å². The molecule has 2 fully saturated rings. The Morgan fingerprint density at radius 2 is 1.72 bits per heavy atom. The Morgan fingerprint density at radius 1 is 1.10 bits per heavy atom. The fourth-order valence-corrected chi connectivity index (χ4v) is 4.12. The maximum atomic E-state index is 12.8. The number of carbonyl (C=O) groups is 1. The number of halogens is 7. The molecule has 3 nitrogen and oxygen atoms in total. The highest BCUT2D eigenvalue weighted by Crippen LogP contribution is 2.50. The molecule has 29 heavy (non-hydrogen) atoms. The quantitative estimate of drug-likeness (QED) is 0.588. The lowest BCUT2D eigenvalue weighted by atomic mass is 9.81. The van der Waals surface area contributed by atoms with Crippen LogP contribution in [0.2, 0.25) is 5.02 Å². The first-order valence-electron chi connectivity index (χ1n) is 9.28. The third kappa shape index (κ3) is 5.29. The normalized spacial score (nSPS) is 24.1. The highest BCUT2D eigenvalue weighted by molar-refractivity contribution is 6.33. The topological polar surface area (TPSA) is 38.3 Å². The molecule has 1 aromatic carbocycles. The molecule has 2 saturated carbocycles. The van der Waals surface area contributed by atoms with E-state index in [1.807, 2.05) is 0 Å². The smallest absolute Gasteiger partial charge is 0.422 e. The van der Waals surface area contributed by atoms with Crippen molar-refractivity contribution in [2.75, 3.05) is 6.61 Å². The highest BCUT2D eigenvalue weighted by atomic mass is 35.5. The number of benzene rings is 1. The summed E-state index contributed by atoms with van der Waals surface area (Å²) < 4.78 is 80.3. The number of nitrogens with one attached hydrogen (secondary N) is 1. The van der Waals surface area contributed by atoms with Gasteiger partial charge in [-0.25, -0.2) is 0 Å². The van der Waals surface area contributed by atoms with Crippen LogP contribution in [0.3, 0.4) is 0 Å². The average molecular weight is 444 g/mol. The van der Waals surface area contributed by atoms with Crippen LogP contribution >= 0.6 is 11.6 Å². The number of amides is 1. The van der Waals surface area contributed by atoms with Crippen LogP contribution in [-0.4, -0.2) is 24.9 Å². The Morgan fingerprint density at radius 3 is 2.24 bits per heavy atom. The molecule has 10 heteroatoms. The first-order valence-corrected chi connectivity index (χ1v) is 9.66. The molecule has 2 aliphatic rings. The molecule has 0 heterocycles. The second-order valence-corrected chi connectivity index (χ2v) is 8.06. The molecule has 1 N–H and O–H groups in total. The van der Waals surface area contributed by atoms with E-state index >= 15 is 0 Å². The summed E-state index contributed by atoms with van der Waals surface area (Å²) >= 11 is 6.23. The molecule has 1 amide bonds. The fraction of sp³-hybridized carbons (Fsp3) is 0.632. The Hall–Kier alpha value is -1.64. The molecule has 0 radical (unpaired) electrons. The minimum Gasteiger partial charge on any atom is -0.483 e. The zero-order valence-corrected chi connectivity index (χ0v) is 16.1. The summed E-state index contributed by atoms with van der Waals surface area (Å²) in [5, 5.41) is 2.86. The van der Waals surface area contributed by atoms with E-state index in [0.29, 0.717) is 18.4 Å². The van der Waals surface area contributed by atoms with Gasteiger partial charge in [-0.1, -0.05) is 23.7 Å². The molecular formula is C19H20ClF6NO2. The molecule has 0 aromatic heterocycles. The van der Waals surface area contributed by atoms with E-state index < -0.39 is 36.3 Å². The Balaban J connectivity index is 1.66. The van der Waals surface area contributed by atoms with Gasteiger partial charge in [0.25, 0.3) is 0 Å². The van der Waals surface area contributed by atoms with Crippen molar-refractivity contribution in [1.29, 1.82) is 0 Å². The molecule has 0 unspecified atom stereocenters. The predicted octanol–water partition coefficient (Wildman–Crippen LogP) is 5.76. The Labute approximate surface area is 168 Å². The van der Waals surface area contributed by atoms with Gasteiger partial charge in [0, 0.05) is 5.92 Å². The molecule has 0 atom stereocenters. The second-order valence-electron chi connectivity index (χ2n) is 7.68. The third-order valence-electron chi connectivity index (χ3n) is 5.54. The summed E-state index contributed by atoms with van der Waals surface area (Å²) in [4.78, 5) is 12.6. The molecule has 0 saturated heterocycles. The van der Waals surface area contributed by atoms with Crippen molar-refractivity contribution in [2.45, 2.75) is 56.4 Å². The van der Waals surface area contributed by atoms with E-state index in [0.717, 1.165) is 0 Å². The molecule has 162 valence electrons. The second kappa shape index (κ2) is 7.89. The lowest BCUT2D eigenvalue weighted by Crippen LogP contribution is -2.41. The van der Waals surface area contributed by atoms with Gasteiger partial charge < -0.3 is 10.1 Å². The summed E-state index contributed by atoms with van der Waals surface area (Å²) in [6.07, 6.45) is -7.56. The van der Waals surface area contributed by atoms with Gasteiger partial charge >= 0.3 is 12.4 Å². The standard InChI is InChI=1S/C19H20ClF6NO2/c20-15-13(2-1-3-14(15)29-10-18(21,22)23)17(8-9-17)27-16(28)11-4-6-12(7-5-11)19(24,25)26/h1-3,11-12H,4-10H2,(H,27,28). The predicted molar refractivity (Wildman–Crippen MR) is 93.6 cm³/mol. The molecule has 2 aliphatic carbocycles. The van der Waals surface area contributed by atoms with Crippen LogP contribution in [0.15, 0.2) is 18.2 Å². The lowest BCUT2D eigenvalue weighted by molar-refractivity contribution is -0.184. The lowest BCUT2D eigenvalue weighted by Gasteiger charge is -2.30. The Kier molecular flexibility index (Phi) is 6.00. The monoisotopic (exact) mass is 443 g/mol. The van der Waals surface area contributed by atoms with E-state index in [9.17, 15) is 31.1 Å². The van der Waals surface area contributed by atoms with Crippen molar-refractivity contribution in [2.24, 2.45) is 11.8 Å². The van der Waals surface area contributed by atoms with Crippen LogP contribution in [0, 0.1) is 11.8 Å². The van der Waals surface area contributed by atoms with Crippen LogP contribution in [0.5, 0.6) is 5.75 Å². The van der Waals surface area contributed by atoms with Crippen LogP contribution < -0.4 is 10.1 Å². The van der Waals surface area contributed by atoms with Crippen LogP contribution in [0.25, 0.3) is 0 Å². The van der Waals surface area contributed by atoms with Gasteiger partial charge in [0.1, 0.15) is 5.75 Å². The minimum atomic E-state index is -4.51. The first kappa shape index (κ1) is 22.1. The van der Waals surface area contributed by atoms with Crippen molar-refractivity contribution in [1.82, 2.24) is 5.32 Å². The maximum absolute atomic E-state index is 12.8. The first-order chi connectivity index (χ1) is 13.4. The van der Waals surface area contributed by atoms with Gasteiger partial charge in [-0.2, -0.15) is 26.3 Å². The van der Waals surface area contributed by atoms with E-state index in [1.54, 1.807) is 6.07 Å². The molecule has 0 bridgehead atoms. The van der Waals surface area contributed by atoms with Crippen LogP contribution in [0.1, 0.15) is 44.1 Å². The number of alkyl halides is 6. The van der Waals surface area contributed by atoms with Crippen molar-refractivity contribution in [3.8, 4) is 5.75 Å². The van der Waals surface area contributed by atoms with E-state index in [-0.39, 0.29) is 42.4 Å². The zero-order chi connectivity index (χ0) is 21.4. The summed E-state index contributed by atoms with van der Waals surface area (Å²) in [5.74, 6) is -2.37.